The van der Waals surface area contributed by atoms with Crippen LogP contribution in [-0.4, -0.2) is 33.4 Å². The molecule has 1 aromatic rings. The molecule has 3 heteroatoms. The highest BCUT2D eigenvalue weighted by atomic mass is 16.5. The lowest BCUT2D eigenvalue weighted by Crippen LogP contribution is -2.32. The monoisotopic (exact) mass is 251 g/mol. The minimum atomic E-state index is 0.267. The lowest BCUT2D eigenvalue weighted by Gasteiger charge is -2.24. The van der Waals surface area contributed by atoms with Gasteiger partial charge in [-0.15, -0.1) is 0 Å². The van der Waals surface area contributed by atoms with E-state index in [1.807, 2.05) is 30.3 Å². The van der Waals surface area contributed by atoms with Crippen LogP contribution in [0.4, 0.5) is 0 Å². The Labute approximate surface area is 110 Å². The van der Waals surface area contributed by atoms with Gasteiger partial charge in [-0.1, -0.05) is 32.0 Å². The SMILES string of the molecule is COCCC(C)(C)CNCCOc1ccccc1. The molecule has 0 radical (unpaired) electrons. The van der Waals surface area contributed by atoms with Crippen LogP contribution in [0.15, 0.2) is 30.3 Å². The van der Waals surface area contributed by atoms with Gasteiger partial charge < -0.3 is 14.8 Å². The van der Waals surface area contributed by atoms with Crippen LogP contribution in [0.1, 0.15) is 20.3 Å². The molecule has 0 aliphatic heterocycles. The summed E-state index contributed by atoms with van der Waals surface area (Å²) in [6, 6.07) is 9.90. The number of nitrogens with one attached hydrogen (secondary N) is 1. The summed E-state index contributed by atoms with van der Waals surface area (Å²) in [7, 11) is 1.75. The highest BCUT2D eigenvalue weighted by molar-refractivity contribution is 5.20. The number of hydrogen-bond acceptors (Lipinski definition) is 3. The molecule has 1 aromatic carbocycles. The average Bonchev–Trinajstić information content (AvgIpc) is 2.37. The first kappa shape index (κ1) is 15.0. The third kappa shape index (κ3) is 6.62. The van der Waals surface area contributed by atoms with Gasteiger partial charge >= 0.3 is 0 Å². The minimum absolute atomic E-state index is 0.267. The van der Waals surface area contributed by atoms with E-state index in [4.69, 9.17) is 9.47 Å². The Bertz CT molecular complexity index is 312. The standard InChI is InChI=1S/C15H25NO2/c1-15(2,9-11-17-3)13-16-10-12-18-14-7-5-4-6-8-14/h4-8,16H,9-13H2,1-3H3. The summed E-state index contributed by atoms with van der Waals surface area (Å²) >= 11 is 0. The van der Waals surface area contributed by atoms with Gasteiger partial charge in [0.1, 0.15) is 12.4 Å². The van der Waals surface area contributed by atoms with Crippen LogP contribution in [0.25, 0.3) is 0 Å². The Kier molecular flexibility index (Phi) is 6.76. The van der Waals surface area contributed by atoms with E-state index in [0.717, 1.165) is 31.9 Å². The maximum atomic E-state index is 5.61. The third-order valence-electron chi connectivity index (χ3n) is 2.88. The molecule has 0 aliphatic rings. The van der Waals surface area contributed by atoms with Gasteiger partial charge in [-0.3, -0.25) is 0 Å². The van der Waals surface area contributed by atoms with Crippen molar-refractivity contribution in [3.05, 3.63) is 30.3 Å². The van der Waals surface area contributed by atoms with Crippen molar-refractivity contribution in [2.75, 3.05) is 33.4 Å². The quantitative estimate of drug-likeness (QED) is 0.685. The number of para-hydroxylation sites is 1. The molecule has 0 spiro atoms. The van der Waals surface area contributed by atoms with Crippen LogP contribution in [0.5, 0.6) is 5.75 Å². The average molecular weight is 251 g/mol. The van der Waals surface area contributed by atoms with Crippen LogP contribution in [0.2, 0.25) is 0 Å². The van der Waals surface area contributed by atoms with E-state index in [1.54, 1.807) is 7.11 Å². The van der Waals surface area contributed by atoms with Crippen molar-refractivity contribution in [2.45, 2.75) is 20.3 Å². The zero-order valence-corrected chi connectivity index (χ0v) is 11.7. The van der Waals surface area contributed by atoms with Gasteiger partial charge in [0, 0.05) is 26.8 Å². The minimum Gasteiger partial charge on any atom is -0.492 e. The summed E-state index contributed by atoms with van der Waals surface area (Å²) in [4.78, 5) is 0. The predicted octanol–water partition coefficient (Wildman–Crippen LogP) is 2.72. The summed E-state index contributed by atoms with van der Waals surface area (Å²) in [5.74, 6) is 0.929. The normalized spacial score (nSPS) is 11.5. The van der Waals surface area contributed by atoms with Crippen molar-refractivity contribution in [2.24, 2.45) is 5.41 Å². The van der Waals surface area contributed by atoms with Crippen molar-refractivity contribution in [3.8, 4) is 5.75 Å². The number of methoxy groups -OCH3 is 1. The first-order valence-corrected chi connectivity index (χ1v) is 6.51. The molecule has 0 bridgehead atoms. The van der Waals surface area contributed by atoms with E-state index < -0.39 is 0 Å². The van der Waals surface area contributed by atoms with E-state index in [9.17, 15) is 0 Å². The number of hydrogen-bond donors (Lipinski definition) is 1. The van der Waals surface area contributed by atoms with Gasteiger partial charge in [0.25, 0.3) is 0 Å². The zero-order valence-electron chi connectivity index (χ0n) is 11.7. The van der Waals surface area contributed by atoms with Crippen LogP contribution in [0.3, 0.4) is 0 Å². The summed E-state index contributed by atoms with van der Waals surface area (Å²) in [6.07, 6.45) is 1.07. The van der Waals surface area contributed by atoms with Gasteiger partial charge in [-0.05, 0) is 24.0 Å². The van der Waals surface area contributed by atoms with Gasteiger partial charge in [-0.25, -0.2) is 0 Å². The van der Waals surface area contributed by atoms with Gasteiger partial charge in [0.2, 0.25) is 0 Å². The Hall–Kier alpha value is -1.06. The molecular formula is C15H25NO2. The second-order valence-corrected chi connectivity index (χ2v) is 5.25. The predicted molar refractivity (Wildman–Crippen MR) is 75.1 cm³/mol. The summed E-state index contributed by atoms with van der Waals surface area (Å²) in [5.41, 5.74) is 0.267. The zero-order chi connectivity index (χ0) is 13.3. The fraction of sp³-hybridized carbons (Fsp3) is 0.600. The van der Waals surface area contributed by atoms with Crippen molar-refractivity contribution in [1.29, 1.82) is 0 Å². The molecule has 18 heavy (non-hydrogen) atoms. The molecule has 1 N–H and O–H groups in total. The smallest absolute Gasteiger partial charge is 0.119 e. The molecule has 0 aromatic heterocycles. The Morgan fingerprint density at radius 2 is 1.83 bits per heavy atom. The molecule has 0 atom stereocenters. The first-order valence-electron chi connectivity index (χ1n) is 6.51. The maximum Gasteiger partial charge on any atom is 0.119 e. The molecule has 1 rings (SSSR count). The molecular weight excluding hydrogens is 226 g/mol. The van der Waals surface area contributed by atoms with Crippen LogP contribution < -0.4 is 10.1 Å². The topological polar surface area (TPSA) is 30.5 Å². The number of rotatable bonds is 9. The van der Waals surface area contributed by atoms with Gasteiger partial charge in [0.05, 0.1) is 0 Å². The number of ether oxygens (including phenoxy) is 2. The lowest BCUT2D eigenvalue weighted by molar-refractivity contribution is 0.150. The highest BCUT2D eigenvalue weighted by Gasteiger charge is 2.16. The van der Waals surface area contributed by atoms with Crippen molar-refractivity contribution >= 4 is 0 Å². The fourth-order valence-corrected chi connectivity index (χ4v) is 1.65. The van der Waals surface area contributed by atoms with Crippen molar-refractivity contribution < 1.29 is 9.47 Å². The van der Waals surface area contributed by atoms with Crippen LogP contribution >= 0.6 is 0 Å². The molecule has 0 heterocycles. The summed E-state index contributed by atoms with van der Waals surface area (Å²) < 4.78 is 10.7. The Morgan fingerprint density at radius 3 is 2.50 bits per heavy atom. The summed E-state index contributed by atoms with van der Waals surface area (Å²) in [5, 5.41) is 3.42. The molecule has 0 saturated carbocycles. The second-order valence-electron chi connectivity index (χ2n) is 5.25. The lowest BCUT2D eigenvalue weighted by atomic mass is 9.90. The largest absolute Gasteiger partial charge is 0.492 e. The number of benzene rings is 1. The molecule has 0 unspecified atom stereocenters. The highest BCUT2D eigenvalue weighted by Crippen LogP contribution is 2.18. The fourth-order valence-electron chi connectivity index (χ4n) is 1.65. The maximum absolute atomic E-state index is 5.61. The van der Waals surface area contributed by atoms with Crippen LogP contribution in [-0.2, 0) is 4.74 Å². The third-order valence-corrected chi connectivity index (χ3v) is 2.88. The first-order chi connectivity index (χ1) is 8.64. The summed E-state index contributed by atoms with van der Waals surface area (Å²) in [6.45, 7) is 7.85. The van der Waals surface area contributed by atoms with Gasteiger partial charge in [0.15, 0.2) is 0 Å². The van der Waals surface area contributed by atoms with E-state index in [0.29, 0.717) is 6.61 Å². The van der Waals surface area contributed by atoms with E-state index in [2.05, 4.69) is 19.2 Å². The molecule has 3 nitrogen and oxygen atoms in total. The molecule has 102 valence electrons. The van der Waals surface area contributed by atoms with Crippen molar-refractivity contribution in [1.82, 2.24) is 5.32 Å². The molecule has 0 aliphatic carbocycles. The Morgan fingerprint density at radius 1 is 1.11 bits per heavy atom. The van der Waals surface area contributed by atoms with Crippen molar-refractivity contribution in [3.63, 3.8) is 0 Å². The molecule has 0 amide bonds. The van der Waals surface area contributed by atoms with Crippen LogP contribution in [0, 0.1) is 5.41 Å². The van der Waals surface area contributed by atoms with E-state index in [1.165, 1.54) is 0 Å². The molecule has 0 saturated heterocycles. The van der Waals surface area contributed by atoms with E-state index >= 15 is 0 Å². The molecule has 0 fully saturated rings. The van der Waals surface area contributed by atoms with Gasteiger partial charge in [-0.2, -0.15) is 0 Å². The second kappa shape index (κ2) is 8.11. The Balaban J connectivity index is 2.08. The van der Waals surface area contributed by atoms with E-state index in [-0.39, 0.29) is 5.41 Å².